The monoisotopic (exact) mass is 424 g/mol. The lowest BCUT2D eigenvalue weighted by atomic mass is 9.99. The molecule has 0 spiro atoms. The molecule has 0 radical (unpaired) electrons. The highest BCUT2D eigenvalue weighted by Gasteiger charge is 2.49. The fourth-order valence-electron chi connectivity index (χ4n) is 3.34. The predicted octanol–water partition coefficient (Wildman–Crippen LogP) is 4.38. The smallest absolute Gasteiger partial charge is 0.302 e. The number of ether oxygens (including phenoxy) is 1. The van der Waals surface area contributed by atoms with Gasteiger partial charge in [0.15, 0.2) is 5.13 Å². The number of furan rings is 1. The van der Waals surface area contributed by atoms with Crippen molar-refractivity contribution in [3.63, 3.8) is 0 Å². The normalized spacial score (nSPS) is 18.2. The molecule has 0 aliphatic carbocycles. The van der Waals surface area contributed by atoms with Crippen LogP contribution in [0.2, 0.25) is 0 Å². The molecular formula is C22H20N2O5S. The number of carbonyl (C=O) groups is 2. The first-order valence-electron chi connectivity index (χ1n) is 9.44. The number of aliphatic hydroxyl groups is 1. The van der Waals surface area contributed by atoms with Gasteiger partial charge in [0, 0.05) is 10.4 Å². The molecule has 1 aliphatic rings. The van der Waals surface area contributed by atoms with Crippen LogP contribution >= 0.6 is 11.3 Å². The molecule has 1 N–H and O–H groups in total. The zero-order valence-electron chi connectivity index (χ0n) is 16.7. The van der Waals surface area contributed by atoms with Crippen molar-refractivity contribution in [2.45, 2.75) is 26.8 Å². The summed E-state index contributed by atoms with van der Waals surface area (Å²) in [5.41, 5.74) is 1.14. The van der Waals surface area contributed by atoms with E-state index in [1.807, 2.05) is 20.8 Å². The highest BCUT2D eigenvalue weighted by atomic mass is 32.1. The minimum absolute atomic E-state index is 0.0374. The fourth-order valence-corrected chi connectivity index (χ4v) is 4.27. The third-order valence-electron chi connectivity index (χ3n) is 4.92. The molecule has 7 nitrogen and oxygen atoms in total. The lowest BCUT2D eigenvalue weighted by Crippen LogP contribution is -2.29. The SMILES string of the molecule is CCOc1ccc(/C(O)=C2\C(=O)C(=O)N(c3nc(C)c(C)s3)[C@@H]2c2ccco2)cc1. The third kappa shape index (κ3) is 3.29. The average molecular weight is 424 g/mol. The van der Waals surface area contributed by atoms with E-state index in [2.05, 4.69) is 4.98 Å². The van der Waals surface area contributed by atoms with Gasteiger partial charge in [-0.1, -0.05) is 0 Å². The zero-order chi connectivity index (χ0) is 21.4. The summed E-state index contributed by atoms with van der Waals surface area (Å²) in [7, 11) is 0. The van der Waals surface area contributed by atoms with Crippen LogP contribution < -0.4 is 9.64 Å². The molecule has 1 saturated heterocycles. The number of carbonyl (C=O) groups excluding carboxylic acids is 2. The second-order valence-corrected chi connectivity index (χ2v) is 7.96. The number of rotatable bonds is 5. The highest BCUT2D eigenvalue weighted by molar-refractivity contribution is 7.16. The second kappa shape index (κ2) is 7.79. The molecule has 4 rings (SSSR count). The van der Waals surface area contributed by atoms with Gasteiger partial charge in [-0.3, -0.25) is 14.5 Å². The van der Waals surface area contributed by atoms with Crippen LogP contribution in [0.4, 0.5) is 5.13 Å². The van der Waals surface area contributed by atoms with E-state index in [-0.39, 0.29) is 11.3 Å². The number of Topliss-reactive ketones (excluding diaryl/α,β-unsaturated/α-hetero) is 1. The Bertz CT molecular complexity index is 1110. The fraction of sp³-hybridized carbons (Fsp3) is 0.227. The van der Waals surface area contributed by atoms with Gasteiger partial charge < -0.3 is 14.3 Å². The zero-order valence-corrected chi connectivity index (χ0v) is 17.5. The summed E-state index contributed by atoms with van der Waals surface area (Å²) in [6, 6.07) is 9.12. The van der Waals surface area contributed by atoms with Crippen molar-refractivity contribution in [3.8, 4) is 5.75 Å². The quantitative estimate of drug-likeness (QED) is 0.371. The highest BCUT2D eigenvalue weighted by Crippen LogP contribution is 2.43. The Balaban J connectivity index is 1.86. The number of ketones is 1. The maximum atomic E-state index is 13.0. The lowest BCUT2D eigenvalue weighted by molar-refractivity contribution is -0.132. The van der Waals surface area contributed by atoms with E-state index >= 15 is 0 Å². The molecule has 1 amide bonds. The summed E-state index contributed by atoms with van der Waals surface area (Å²) in [5, 5.41) is 11.4. The van der Waals surface area contributed by atoms with Crippen LogP contribution in [0.25, 0.3) is 5.76 Å². The first-order chi connectivity index (χ1) is 14.4. The first kappa shape index (κ1) is 19.9. The molecule has 1 atom stereocenters. The number of anilines is 1. The molecule has 30 heavy (non-hydrogen) atoms. The number of aromatic nitrogens is 1. The third-order valence-corrected chi connectivity index (χ3v) is 5.99. The van der Waals surface area contributed by atoms with Crippen molar-refractivity contribution in [2.75, 3.05) is 11.5 Å². The van der Waals surface area contributed by atoms with Crippen LogP contribution in [0.3, 0.4) is 0 Å². The van der Waals surface area contributed by atoms with E-state index < -0.39 is 17.7 Å². The van der Waals surface area contributed by atoms with Crippen molar-refractivity contribution in [1.82, 2.24) is 4.98 Å². The van der Waals surface area contributed by atoms with Crippen molar-refractivity contribution in [1.29, 1.82) is 0 Å². The Hall–Kier alpha value is -3.39. The van der Waals surface area contributed by atoms with Crippen molar-refractivity contribution in [2.24, 2.45) is 0 Å². The summed E-state index contributed by atoms with van der Waals surface area (Å²) in [5.74, 6) is -0.797. The summed E-state index contributed by atoms with van der Waals surface area (Å²) >= 11 is 1.31. The molecule has 154 valence electrons. The van der Waals surface area contributed by atoms with E-state index in [4.69, 9.17) is 9.15 Å². The number of aryl methyl sites for hydroxylation is 2. The average Bonchev–Trinajstić information content (AvgIpc) is 3.43. The van der Waals surface area contributed by atoms with Crippen LogP contribution in [0.15, 0.2) is 52.7 Å². The number of thiazole rings is 1. The largest absolute Gasteiger partial charge is 0.507 e. The van der Waals surface area contributed by atoms with Gasteiger partial charge in [0.25, 0.3) is 5.78 Å². The molecule has 1 aliphatic heterocycles. The van der Waals surface area contributed by atoms with Gasteiger partial charge in [-0.25, -0.2) is 4.98 Å². The van der Waals surface area contributed by atoms with Crippen LogP contribution in [-0.4, -0.2) is 28.4 Å². The summed E-state index contributed by atoms with van der Waals surface area (Å²) in [6.07, 6.45) is 1.46. The molecule has 8 heteroatoms. The molecule has 3 heterocycles. The molecule has 1 fully saturated rings. The van der Waals surface area contributed by atoms with Crippen molar-refractivity contribution >= 4 is 33.9 Å². The Morgan fingerprint density at radius 3 is 2.53 bits per heavy atom. The van der Waals surface area contributed by atoms with Gasteiger partial charge >= 0.3 is 5.91 Å². The maximum absolute atomic E-state index is 13.0. The Kier molecular flexibility index (Phi) is 5.17. The number of benzene rings is 1. The minimum Gasteiger partial charge on any atom is -0.507 e. The number of nitrogens with zero attached hydrogens (tertiary/aromatic N) is 2. The second-order valence-electron chi connectivity index (χ2n) is 6.78. The van der Waals surface area contributed by atoms with E-state index in [9.17, 15) is 14.7 Å². The van der Waals surface area contributed by atoms with Gasteiger partial charge in [-0.05, 0) is 57.2 Å². The van der Waals surface area contributed by atoms with Gasteiger partial charge in [-0.2, -0.15) is 0 Å². The lowest BCUT2D eigenvalue weighted by Gasteiger charge is -2.20. The van der Waals surface area contributed by atoms with Crippen LogP contribution in [0.5, 0.6) is 5.75 Å². The molecule has 0 unspecified atom stereocenters. The van der Waals surface area contributed by atoms with Gasteiger partial charge in [-0.15, -0.1) is 11.3 Å². The van der Waals surface area contributed by atoms with E-state index in [0.29, 0.717) is 28.8 Å². The first-order valence-corrected chi connectivity index (χ1v) is 10.3. The van der Waals surface area contributed by atoms with E-state index in [1.165, 1.54) is 22.5 Å². The Morgan fingerprint density at radius 1 is 1.23 bits per heavy atom. The number of amides is 1. The van der Waals surface area contributed by atoms with Crippen LogP contribution in [-0.2, 0) is 9.59 Å². The predicted molar refractivity (Wildman–Crippen MR) is 113 cm³/mol. The minimum atomic E-state index is -0.906. The van der Waals surface area contributed by atoms with E-state index in [0.717, 1.165) is 10.6 Å². The molecular weight excluding hydrogens is 404 g/mol. The van der Waals surface area contributed by atoms with Crippen molar-refractivity contribution < 1.29 is 23.8 Å². The number of hydrogen-bond donors (Lipinski definition) is 1. The number of aliphatic hydroxyl groups excluding tert-OH is 1. The van der Waals surface area contributed by atoms with Crippen LogP contribution in [0.1, 0.15) is 34.9 Å². The topological polar surface area (TPSA) is 92.9 Å². The maximum Gasteiger partial charge on any atom is 0.302 e. The molecule has 3 aromatic rings. The van der Waals surface area contributed by atoms with Gasteiger partial charge in [0.05, 0.1) is 24.1 Å². The summed E-state index contributed by atoms with van der Waals surface area (Å²) in [4.78, 5) is 32.6. The van der Waals surface area contributed by atoms with Gasteiger partial charge in [0.2, 0.25) is 0 Å². The Labute approximate surface area is 177 Å². The number of hydrogen-bond acceptors (Lipinski definition) is 7. The molecule has 1 aromatic carbocycles. The summed E-state index contributed by atoms with van der Waals surface area (Å²) < 4.78 is 11.0. The molecule has 0 bridgehead atoms. The molecule has 0 saturated carbocycles. The van der Waals surface area contributed by atoms with E-state index in [1.54, 1.807) is 36.4 Å². The van der Waals surface area contributed by atoms with Crippen molar-refractivity contribution in [3.05, 3.63) is 70.1 Å². The standard InChI is InChI=1S/C22H20N2O5S/c1-4-28-15-9-7-14(8-10-15)19(25)17-18(16-6-5-11-29-16)24(21(27)20(17)26)22-23-12(2)13(3)30-22/h5-11,18,25H,4H2,1-3H3/b19-17+/t18-/m1/s1. The van der Waals surface area contributed by atoms with Gasteiger partial charge in [0.1, 0.15) is 23.3 Å². The summed E-state index contributed by atoms with van der Waals surface area (Å²) in [6.45, 7) is 6.13. The Morgan fingerprint density at radius 2 is 1.97 bits per heavy atom. The van der Waals surface area contributed by atoms with Crippen LogP contribution in [0, 0.1) is 13.8 Å². The molecule has 2 aromatic heterocycles.